The number of hydrogen-bond donors (Lipinski definition) is 2. The number of amides is 4. The van der Waals surface area contributed by atoms with Gasteiger partial charge in [-0.1, -0.05) is 91.3 Å². The molecule has 0 radical (unpaired) electrons. The summed E-state index contributed by atoms with van der Waals surface area (Å²) in [5.41, 5.74) is 0.747. The van der Waals surface area contributed by atoms with E-state index in [4.69, 9.17) is 9.47 Å². The molecule has 2 N–H and O–H groups in total. The fourth-order valence-electron chi connectivity index (χ4n) is 6.92. The minimum atomic E-state index is -1.29. The monoisotopic (exact) mass is 724 g/mol. The second kappa shape index (κ2) is 19.6. The SMILES string of the molecule is C=CCCC[C@H]1OC(=O)[C@H]([C@@H](C)CC)NC(=O)C2CCCN2C(=O)[C@H](Cc2ccccc2)OC(=O)[C@H](C(C)C)N(C)C(=O)[C@H](C(C)C)NC(=O)[C@H]1C. The van der Waals surface area contributed by atoms with Crippen LogP contribution in [-0.2, 0) is 44.7 Å². The third-order valence-electron chi connectivity index (χ3n) is 10.4. The fraction of sp³-hybridized carbons (Fsp3) is 0.650. The number of hydrogen-bond acceptors (Lipinski definition) is 8. The number of unbranched alkanes of at least 4 members (excludes halogenated alkanes) is 1. The summed E-state index contributed by atoms with van der Waals surface area (Å²) < 4.78 is 12.1. The number of cyclic esters (lactones) is 2. The first kappa shape index (κ1) is 42.2. The fourth-order valence-corrected chi connectivity index (χ4v) is 6.92. The van der Waals surface area contributed by atoms with E-state index in [0.717, 1.165) is 5.56 Å². The summed E-state index contributed by atoms with van der Waals surface area (Å²) >= 11 is 0. The Morgan fingerprint density at radius 3 is 2.13 bits per heavy atom. The number of carbonyl (C=O) groups excluding carboxylic acids is 6. The molecule has 0 aliphatic carbocycles. The third kappa shape index (κ3) is 10.7. The van der Waals surface area contributed by atoms with Crippen LogP contribution in [0.3, 0.4) is 0 Å². The topological polar surface area (TPSA) is 151 Å². The van der Waals surface area contributed by atoms with E-state index in [2.05, 4.69) is 17.2 Å². The highest BCUT2D eigenvalue weighted by Gasteiger charge is 2.44. The van der Waals surface area contributed by atoms with E-state index < -0.39 is 83.8 Å². The Morgan fingerprint density at radius 1 is 0.885 bits per heavy atom. The summed E-state index contributed by atoms with van der Waals surface area (Å²) in [6, 6.07) is 5.07. The largest absolute Gasteiger partial charge is 0.460 e. The van der Waals surface area contributed by atoms with E-state index in [1.165, 1.54) is 16.8 Å². The first-order chi connectivity index (χ1) is 24.6. The van der Waals surface area contributed by atoms with Gasteiger partial charge in [0, 0.05) is 20.0 Å². The number of carbonyl (C=O) groups is 6. The molecular weight excluding hydrogens is 664 g/mol. The lowest BCUT2D eigenvalue weighted by atomic mass is 9.94. The molecule has 12 nitrogen and oxygen atoms in total. The van der Waals surface area contributed by atoms with Crippen molar-refractivity contribution < 1.29 is 38.2 Å². The Balaban J connectivity index is 2.14. The van der Waals surface area contributed by atoms with Crippen molar-refractivity contribution in [2.24, 2.45) is 23.7 Å². The maximum absolute atomic E-state index is 14.3. The highest BCUT2D eigenvalue weighted by Crippen LogP contribution is 2.25. The Hall–Kier alpha value is -4.22. The first-order valence-corrected chi connectivity index (χ1v) is 18.9. The third-order valence-corrected chi connectivity index (χ3v) is 10.4. The predicted molar refractivity (Wildman–Crippen MR) is 197 cm³/mol. The highest BCUT2D eigenvalue weighted by atomic mass is 16.6. The molecule has 1 aromatic carbocycles. The van der Waals surface area contributed by atoms with Gasteiger partial charge in [-0.05, 0) is 55.4 Å². The van der Waals surface area contributed by atoms with Crippen molar-refractivity contribution in [1.82, 2.24) is 20.4 Å². The van der Waals surface area contributed by atoms with Crippen molar-refractivity contribution in [2.45, 2.75) is 130 Å². The van der Waals surface area contributed by atoms with Crippen LogP contribution in [0.25, 0.3) is 0 Å². The van der Waals surface area contributed by atoms with Crippen LogP contribution in [0.15, 0.2) is 43.0 Å². The number of benzene rings is 1. The van der Waals surface area contributed by atoms with Crippen LogP contribution in [0, 0.1) is 23.7 Å². The number of allylic oxidation sites excluding steroid dienone is 1. The number of rotatable bonds is 10. The van der Waals surface area contributed by atoms with Gasteiger partial charge in [0.1, 0.15) is 30.3 Å². The van der Waals surface area contributed by atoms with Gasteiger partial charge in [-0.3, -0.25) is 19.2 Å². The number of nitrogens with zero attached hydrogens (tertiary/aromatic N) is 2. The Bertz CT molecular complexity index is 1420. The van der Waals surface area contributed by atoms with Gasteiger partial charge >= 0.3 is 11.9 Å². The summed E-state index contributed by atoms with van der Waals surface area (Å²) in [6.07, 6.45) is 2.66. The molecule has 12 heteroatoms. The molecule has 2 aliphatic heterocycles. The zero-order valence-electron chi connectivity index (χ0n) is 32.3. The normalized spacial score (nSPS) is 27.9. The molecule has 0 saturated carbocycles. The number of nitrogens with one attached hydrogen (secondary N) is 2. The number of ether oxygens (including phenoxy) is 2. The van der Waals surface area contributed by atoms with Gasteiger partial charge in [0.25, 0.3) is 5.91 Å². The molecule has 1 unspecified atom stereocenters. The molecule has 52 heavy (non-hydrogen) atoms. The lowest BCUT2D eigenvalue weighted by Gasteiger charge is -2.35. The zero-order valence-corrected chi connectivity index (χ0v) is 32.3. The molecule has 1 aromatic rings. The van der Waals surface area contributed by atoms with Gasteiger partial charge in [0.05, 0.1) is 5.92 Å². The Kier molecular flexibility index (Phi) is 15.9. The van der Waals surface area contributed by atoms with E-state index in [0.29, 0.717) is 38.5 Å². The Labute approximate surface area is 309 Å². The van der Waals surface area contributed by atoms with Gasteiger partial charge in [-0.15, -0.1) is 6.58 Å². The lowest BCUT2D eigenvalue weighted by Crippen LogP contribution is -2.57. The van der Waals surface area contributed by atoms with Crippen LogP contribution in [0.1, 0.15) is 92.6 Å². The van der Waals surface area contributed by atoms with E-state index in [1.807, 2.05) is 44.2 Å². The summed E-state index contributed by atoms with van der Waals surface area (Å²) in [4.78, 5) is 87.0. The molecule has 2 saturated heterocycles. The Morgan fingerprint density at radius 2 is 1.54 bits per heavy atom. The maximum Gasteiger partial charge on any atom is 0.329 e. The van der Waals surface area contributed by atoms with Crippen LogP contribution >= 0.6 is 0 Å². The van der Waals surface area contributed by atoms with E-state index >= 15 is 0 Å². The second-order valence-corrected chi connectivity index (χ2v) is 15.0. The average molecular weight is 725 g/mol. The van der Waals surface area contributed by atoms with Crippen LogP contribution in [0.5, 0.6) is 0 Å². The van der Waals surface area contributed by atoms with Crippen LogP contribution in [-0.4, -0.2) is 95.3 Å². The quantitative estimate of drug-likeness (QED) is 0.207. The first-order valence-electron chi connectivity index (χ1n) is 18.9. The number of fused-ring (bicyclic) bond motifs is 1. The van der Waals surface area contributed by atoms with Gasteiger partial charge in [0.2, 0.25) is 17.7 Å². The van der Waals surface area contributed by atoms with E-state index in [-0.39, 0.29) is 24.8 Å². The second-order valence-electron chi connectivity index (χ2n) is 15.0. The predicted octanol–water partition coefficient (Wildman–Crippen LogP) is 4.20. The van der Waals surface area contributed by atoms with Crippen molar-refractivity contribution in [3.8, 4) is 0 Å². The van der Waals surface area contributed by atoms with Crippen molar-refractivity contribution in [3.63, 3.8) is 0 Å². The van der Waals surface area contributed by atoms with Crippen LogP contribution in [0.4, 0.5) is 0 Å². The summed E-state index contributed by atoms with van der Waals surface area (Å²) in [5, 5.41) is 5.76. The molecule has 4 amide bonds. The summed E-state index contributed by atoms with van der Waals surface area (Å²) in [7, 11) is 1.49. The highest BCUT2D eigenvalue weighted by molar-refractivity contribution is 5.95. The van der Waals surface area contributed by atoms with Crippen molar-refractivity contribution in [1.29, 1.82) is 0 Å². The van der Waals surface area contributed by atoms with Crippen LogP contribution in [0.2, 0.25) is 0 Å². The molecular formula is C40H60N4O8. The van der Waals surface area contributed by atoms with E-state index in [9.17, 15) is 28.8 Å². The number of likely N-dealkylation sites (N-methyl/N-ethyl adjacent to an activating group) is 1. The smallest absolute Gasteiger partial charge is 0.329 e. The minimum absolute atomic E-state index is 0.0519. The van der Waals surface area contributed by atoms with Crippen molar-refractivity contribution in [3.05, 3.63) is 48.6 Å². The lowest BCUT2D eigenvalue weighted by molar-refractivity contribution is -0.168. The molecule has 2 fully saturated rings. The van der Waals surface area contributed by atoms with Gasteiger partial charge in [-0.25, -0.2) is 9.59 Å². The van der Waals surface area contributed by atoms with Crippen LogP contribution < -0.4 is 10.6 Å². The van der Waals surface area contributed by atoms with E-state index in [1.54, 1.807) is 40.7 Å². The summed E-state index contributed by atoms with van der Waals surface area (Å²) in [5.74, 6) is -5.42. The summed E-state index contributed by atoms with van der Waals surface area (Å²) in [6.45, 7) is 16.6. The zero-order chi connectivity index (χ0) is 38.7. The number of esters is 2. The van der Waals surface area contributed by atoms with Crippen molar-refractivity contribution >= 4 is 35.6 Å². The van der Waals surface area contributed by atoms with Gasteiger partial charge in [0.15, 0.2) is 6.10 Å². The molecule has 2 aliphatic rings. The van der Waals surface area contributed by atoms with Crippen molar-refractivity contribution in [2.75, 3.05) is 13.6 Å². The standard InChI is InChI=1S/C40H60N4O8/c1-10-12-14-21-30-27(8)35(45)41-32(24(3)4)38(48)43(9)34(25(5)6)40(50)52-31(23-28-18-15-13-16-19-28)37(47)44-22-17-20-29(44)36(46)42-33(26(7)11-2)39(49)51-30/h10,13,15-16,18-19,24-27,29-34H,1,11-12,14,17,20-23H2,2-9H3,(H,41,45)(H,42,46)/t26-,27-,29?,30+,31-,32-,33-,34-/m0/s1. The van der Waals surface area contributed by atoms with Gasteiger partial charge in [-0.2, -0.15) is 0 Å². The molecule has 0 bridgehead atoms. The molecule has 2 heterocycles. The molecule has 288 valence electrons. The van der Waals surface area contributed by atoms with Gasteiger partial charge < -0.3 is 29.9 Å². The minimum Gasteiger partial charge on any atom is -0.460 e. The molecule has 8 atom stereocenters. The molecule has 0 spiro atoms. The maximum atomic E-state index is 14.3. The molecule has 0 aromatic heterocycles. The molecule has 3 rings (SSSR count). The average Bonchev–Trinajstić information content (AvgIpc) is 3.61.